The summed E-state index contributed by atoms with van der Waals surface area (Å²) in [5, 5.41) is 0.128. The average molecular weight is 309 g/mol. The smallest absolute Gasteiger partial charge is 0.329 e. The minimum atomic E-state index is -0.518. The fourth-order valence-electron chi connectivity index (χ4n) is 2.20. The monoisotopic (exact) mass is 308 g/mol. The molecule has 0 radical (unpaired) electrons. The Kier molecular flexibility index (Phi) is 4.85. The molecule has 1 aromatic heterocycles. The average Bonchev–Trinajstić information content (AvgIpc) is 2.48. The van der Waals surface area contributed by atoms with Gasteiger partial charge in [0.1, 0.15) is 10.9 Å². The molecule has 0 fully saturated rings. The predicted octanol–water partition coefficient (Wildman–Crippen LogP) is 2.20. The standard InChI is InChI=1S/C15H17ClN2O3/c1-3-6-11-13(16)17-15(20)18(14(11)19)9-10-7-4-5-8-12(10)21-2/h4-5,7-8H,3,6,9H2,1-2H3,(H,17,20). The van der Waals surface area contributed by atoms with Crippen LogP contribution in [0, 0.1) is 0 Å². The minimum Gasteiger partial charge on any atom is -0.496 e. The van der Waals surface area contributed by atoms with Gasteiger partial charge in [-0.2, -0.15) is 0 Å². The van der Waals surface area contributed by atoms with Crippen LogP contribution in [-0.4, -0.2) is 16.7 Å². The number of nitrogens with one attached hydrogen (secondary N) is 1. The van der Waals surface area contributed by atoms with Gasteiger partial charge in [-0.3, -0.25) is 14.3 Å². The van der Waals surface area contributed by atoms with Gasteiger partial charge < -0.3 is 4.74 Å². The van der Waals surface area contributed by atoms with Crippen LogP contribution in [-0.2, 0) is 13.0 Å². The lowest BCUT2D eigenvalue weighted by molar-refractivity contribution is 0.407. The number of aromatic nitrogens is 2. The zero-order chi connectivity index (χ0) is 15.4. The summed E-state index contributed by atoms with van der Waals surface area (Å²) in [7, 11) is 1.55. The molecule has 2 rings (SSSR count). The van der Waals surface area contributed by atoms with E-state index in [2.05, 4.69) is 4.98 Å². The number of methoxy groups -OCH3 is 1. The van der Waals surface area contributed by atoms with Crippen LogP contribution in [0.3, 0.4) is 0 Å². The van der Waals surface area contributed by atoms with E-state index in [0.29, 0.717) is 17.7 Å². The predicted molar refractivity (Wildman–Crippen MR) is 82.4 cm³/mol. The normalized spacial score (nSPS) is 10.6. The maximum atomic E-state index is 12.4. The molecule has 1 N–H and O–H groups in total. The van der Waals surface area contributed by atoms with Gasteiger partial charge in [-0.15, -0.1) is 0 Å². The third-order valence-electron chi connectivity index (χ3n) is 3.25. The van der Waals surface area contributed by atoms with Gasteiger partial charge in [0.25, 0.3) is 5.56 Å². The third kappa shape index (κ3) is 3.19. The van der Waals surface area contributed by atoms with Crippen molar-refractivity contribution in [2.24, 2.45) is 0 Å². The molecule has 0 amide bonds. The first kappa shape index (κ1) is 15.4. The van der Waals surface area contributed by atoms with Crippen molar-refractivity contribution in [3.63, 3.8) is 0 Å². The van der Waals surface area contributed by atoms with Crippen LogP contribution in [0.1, 0.15) is 24.5 Å². The molecule has 0 aliphatic carbocycles. The van der Waals surface area contributed by atoms with Crippen LogP contribution in [0.5, 0.6) is 5.75 Å². The molecular formula is C15H17ClN2O3. The highest BCUT2D eigenvalue weighted by Gasteiger charge is 2.13. The quantitative estimate of drug-likeness (QED) is 0.861. The van der Waals surface area contributed by atoms with Gasteiger partial charge in [-0.25, -0.2) is 4.79 Å². The van der Waals surface area contributed by atoms with Gasteiger partial charge in [-0.05, 0) is 12.5 Å². The first-order valence-electron chi connectivity index (χ1n) is 6.71. The van der Waals surface area contributed by atoms with E-state index in [1.807, 2.05) is 25.1 Å². The van der Waals surface area contributed by atoms with Gasteiger partial charge in [-0.1, -0.05) is 43.1 Å². The molecule has 0 aliphatic rings. The van der Waals surface area contributed by atoms with Crippen LogP contribution in [0.15, 0.2) is 33.9 Å². The number of hydrogen-bond donors (Lipinski definition) is 1. The molecular weight excluding hydrogens is 292 g/mol. The highest BCUT2D eigenvalue weighted by molar-refractivity contribution is 6.30. The van der Waals surface area contributed by atoms with Crippen LogP contribution < -0.4 is 16.0 Å². The fourth-order valence-corrected chi connectivity index (χ4v) is 2.46. The molecule has 0 bridgehead atoms. The minimum absolute atomic E-state index is 0.128. The summed E-state index contributed by atoms with van der Waals surface area (Å²) in [5.74, 6) is 0.635. The number of aromatic amines is 1. The second-order valence-electron chi connectivity index (χ2n) is 4.68. The van der Waals surface area contributed by atoms with Crippen LogP contribution >= 0.6 is 11.6 Å². The van der Waals surface area contributed by atoms with E-state index in [1.54, 1.807) is 13.2 Å². The number of hydrogen-bond acceptors (Lipinski definition) is 3. The zero-order valence-electron chi connectivity index (χ0n) is 12.0. The maximum Gasteiger partial charge on any atom is 0.329 e. The van der Waals surface area contributed by atoms with E-state index in [-0.39, 0.29) is 17.3 Å². The molecule has 6 heteroatoms. The number of para-hydroxylation sites is 1. The Morgan fingerprint density at radius 2 is 2.00 bits per heavy atom. The second kappa shape index (κ2) is 6.63. The summed E-state index contributed by atoms with van der Waals surface area (Å²) in [6.07, 6.45) is 1.30. The topological polar surface area (TPSA) is 64.1 Å². The molecule has 1 aromatic carbocycles. The molecule has 112 valence electrons. The number of nitrogens with zero attached hydrogens (tertiary/aromatic N) is 1. The Labute approximate surface area is 127 Å². The van der Waals surface area contributed by atoms with Crippen molar-refractivity contribution in [3.8, 4) is 5.75 Å². The fraction of sp³-hybridized carbons (Fsp3) is 0.333. The third-order valence-corrected chi connectivity index (χ3v) is 3.57. The van der Waals surface area contributed by atoms with Crippen LogP contribution in [0.2, 0.25) is 5.15 Å². The van der Waals surface area contributed by atoms with Crippen molar-refractivity contribution >= 4 is 11.6 Å². The Balaban J connectivity index is 2.52. The van der Waals surface area contributed by atoms with Crippen LogP contribution in [0.4, 0.5) is 0 Å². The number of halogens is 1. The highest BCUT2D eigenvalue weighted by Crippen LogP contribution is 2.17. The van der Waals surface area contributed by atoms with E-state index in [1.165, 1.54) is 0 Å². The first-order chi connectivity index (χ1) is 10.1. The van der Waals surface area contributed by atoms with E-state index < -0.39 is 5.69 Å². The van der Waals surface area contributed by atoms with Gasteiger partial charge in [0, 0.05) is 5.56 Å². The molecule has 0 aliphatic heterocycles. The number of H-pyrrole nitrogens is 1. The number of rotatable bonds is 5. The molecule has 5 nitrogen and oxygen atoms in total. The Morgan fingerprint density at radius 3 is 2.67 bits per heavy atom. The van der Waals surface area contributed by atoms with Gasteiger partial charge >= 0.3 is 5.69 Å². The summed E-state index contributed by atoms with van der Waals surface area (Å²) in [6.45, 7) is 2.09. The van der Waals surface area contributed by atoms with Crippen molar-refractivity contribution in [3.05, 3.63) is 61.4 Å². The van der Waals surface area contributed by atoms with Crippen molar-refractivity contribution < 1.29 is 4.74 Å². The summed E-state index contributed by atoms with van der Waals surface area (Å²) in [4.78, 5) is 26.9. The Bertz CT molecular complexity index is 749. The molecule has 0 unspecified atom stereocenters. The number of ether oxygens (including phenoxy) is 1. The molecule has 0 saturated carbocycles. The van der Waals surface area contributed by atoms with E-state index in [4.69, 9.17) is 16.3 Å². The Morgan fingerprint density at radius 1 is 1.29 bits per heavy atom. The van der Waals surface area contributed by atoms with Crippen LogP contribution in [0.25, 0.3) is 0 Å². The SMILES string of the molecule is CCCc1c(Cl)[nH]c(=O)n(Cc2ccccc2OC)c1=O. The lowest BCUT2D eigenvalue weighted by Crippen LogP contribution is -2.37. The lowest BCUT2D eigenvalue weighted by Gasteiger charge is -2.11. The molecule has 0 spiro atoms. The van der Waals surface area contributed by atoms with Gasteiger partial charge in [0.15, 0.2) is 0 Å². The molecule has 0 saturated heterocycles. The summed E-state index contributed by atoms with van der Waals surface area (Å²) < 4.78 is 6.39. The molecule has 1 heterocycles. The van der Waals surface area contributed by atoms with E-state index in [0.717, 1.165) is 16.6 Å². The molecule has 2 aromatic rings. The largest absolute Gasteiger partial charge is 0.496 e. The van der Waals surface area contributed by atoms with Crippen molar-refractivity contribution in [1.29, 1.82) is 0 Å². The summed E-state index contributed by atoms with van der Waals surface area (Å²) in [5.41, 5.74) is 0.332. The lowest BCUT2D eigenvalue weighted by atomic mass is 10.2. The van der Waals surface area contributed by atoms with Crippen molar-refractivity contribution in [2.45, 2.75) is 26.3 Å². The van der Waals surface area contributed by atoms with Gasteiger partial charge in [0.05, 0.1) is 19.2 Å². The maximum absolute atomic E-state index is 12.4. The highest BCUT2D eigenvalue weighted by atomic mass is 35.5. The Hall–Kier alpha value is -2.01. The second-order valence-corrected chi connectivity index (χ2v) is 5.05. The molecule has 21 heavy (non-hydrogen) atoms. The number of benzene rings is 1. The zero-order valence-corrected chi connectivity index (χ0v) is 12.7. The van der Waals surface area contributed by atoms with Crippen molar-refractivity contribution in [1.82, 2.24) is 9.55 Å². The summed E-state index contributed by atoms with van der Waals surface area (Å²) in [6, 6.07) is 7.27. The first-order valence-corrected chi connectivity index (χ1v) is 7.09. The summed E-state index contributed by atoms with van der Waals surface area (Å²) >= 11 is 5.95. The van der Waals surface area contributed by atoms with Gasteiger partial charge in [0.2, 0.25) is 0 Å². The van der Waals surface area contributed by atoms with E-state index in [9.17, 15) is 9.59 Å². The van der Waals surface area contributed by atoms with E-state index >= 15 is 0 Å². The van der Waals surface area contributed by atoms with Crippen molar-refractivity contribution in [2.75, 3.05) is 7.11 Å². The molecule has 0 atom stereocenters.